The lowest BCUT2D eigenvalue weighted by Crippen LogP contribution is -2.67. The molecule has 0 aromatic carbocycles. The Bertz CT molecular complexity index is 728. The summed E-state index contributed by atoms with van der Waals surface area (Å²) in [6.07, 6.45) is 0.892. The number of carbonyl (C=O) groups excluding carboxylic acids is 5. The van der Waals surface area contributed by atoms with Gasteiger partial charge in [-0.05, 0) is 6.42 Å². The van der Waals surface area contributed by atoms with Crippen molar-refractivity contribution in [3.63, 3.8) is 0 Å². The lowest BCUT2D eigenvalue weighted by molar-refractivity contribution is -0.271. The number of esters is 4. The highest BCUT2D eigenvalue weighted by atomic mass is 16.7. The molecule has 1 rings (SSSR count). The average Bonchev–Trinajstić information content (AvgIpc) is 2.64. The molecule has 1 fully saturated rings. The van der Waals surface area contributed by atoms with Crippen LogP contribution in [0.25, 0.3) is 0 Å². The maximum Gasteiger partial charge on any atom is 0.305 e. The van der Waals surface area contributed by atoms with Crippen molar-refractivity contribution in [3.8, 4) is 12.3 Å². The van der Waals surface area contributed by atoms with Crippen molar-refractivity contribution in [2.75, 3.05) is 6.61 Å². The van der Waals surface area contributed by atoms with Gasteiger partial charge in [0.25, 0.3) is 0 Å². The predicted molar refractivity (Wildman–Crippen MR) is 103 cm³/mol. The standard InChI is InChI=1S/C20H27NO10/c1-6-7-8-9-16(26)21-17-19(29-13(4)24)18(28-12(3)23)15(10-27-11(2)22)31-20(17)30-14(5)25/h1,15,17-20H,7-10H2,2-5H3,(H,21,26)/t15-,17-,18+,19-,20?/m1/s1. The number of carbonyl (C=O) groups is 5. The highest BCUT2D eigenvalue weighted by Crippen LogP contribution is 2.28. The van der Waals surface area contributed by atoms with Gasteiger partial charge in [0.2, 0.25) is 12.2 Å². The van der Waals surface area contributed by atoms with Gasteiger partial charge in [0.05, 0.1) is 0 Å². The Morgan fingerprint density at radius 3 is 2.00 bits per heavy atom. The first-order valence-corrected chi connectivity index (χ1v) is 9.58. The predicted octanol–water partition coefficient (Wildman–Crippen LogP) is -0.0108. The molecular weight excluding hydrogens is 414 g/mol. The Labute approximate surface area is 180 Å². The van der Waals surface area contributed by atoms with Crippen LogP contribution in [-0.2, 0) is 47.7 Å². The molecule has 1 amide bonds. The highest BCUT2D eigenvalue weighted by Gasteiger charge is 2.52. The zero-order valence-corrected chi connectivity index (χ0v) is 17.9. The molecule has 0 aromatic heterocycles. The molecule has 0 spiro atoms. The highest BCUT2D eigenvalue weighted by molar-refractivity contribution is 5.76. The van der Waals surface area contributed by atoms with Crippen LogP contribution in [0.5, 0.6) is 0 Å². The second-order valence-electron chi connectivity index (χ2n) is 6.75. The fourth-order valence-electron chi connectivity index (χ4n) is 2.93. The normalized spacial score (nSPS) is 24.8. The second-order valence-corrected chi connectivity index (χ2v) is 6.75. The molecule has 31 heavy (non-hydrogen) atoms. The quantitative estimate of drug-likeness (QED) is 0.224. The Hall–Kier alpha value is -3.13. The third kappa shape index (κ3) is 9.04. The van der Waals surface area contributed by atoms with Crippen LogP contribution in [-0.4, -0.2) is 67.0 Å². The fourth-order valence-corrected chi connectivity index (χ4v) is 2.93. The average molecular weight is 441 g/mol. The van der Waals surface area contributed by atoms with Crippen LogP contribution in [0.4, 0.5) is 0 Å². The smallest absolute Gasteiger partial charge is 0.305 e. The molecule has 0 bridgehead atoms. The van der Waals surface area contributed by atoms with Crippen LogP contribution in [0.2, 0.25) is 0 Å². The number of unbranched alkanes of at least 4 members (excludes halogenated alkanes) is 1. The first-order valence-electron chi connectivity index (χ1n) is 9.58. The molecule has 0 saturated carbocycles. The monoisotopic (exact) mass is 441 g/mol. The zero-order valence-electron chi connectivity index (χ0n) is 17.9. The summed E-state index contributed by atoms with van der Waals surface area (Å²) in [4.78, 5) is 58.6. The van der Waals surface area contributed by atoms with Crippen molar-refractivity contribution >= 4 is 29.8 Å². The van der Waals surface area contributed by atoms with Crippen LogP contribution < -0.4 is 5.32 Å². The van der Waals surface area contributed by atoms with Crippen LogP contribution in [0.15, 0.2) is 0 Å². The molecule has 1 N–H and O–H groups in total. The van der Waals surface area contributed by atoms with Gasteiger partial charge in [-0.15, -0.1) is 12.3 Å². The first kappa shape index (κ1) is 25.9. The van der Waals surface area contributed by atoms with Gasteiger partial charge in [0.15, 0.2) is 12.2 Å². The van der Waals surface area contributed by atoms with E-state index >= 15 is 0 Å². The van der Waals surface area contributed by atoms with E-state index in [9.17, 15) is 24.0 Å². The largest absolute Gasteiger partial charge is 0.463 e. The Morgan fingerprint density at radius 1 is 0.903 bits per heavy atom. The fraction of sp³-hybridized carbons (Fsp3) is 0.650. The number of rotatable bonds is 9. The summed E-state index contributed by atoms with van der Waals surface area (Å²) in [6.45, 7) is 4.14. The second kappa shape index (κ2) is 12.5. The summed E-state index contributed by atoms with van der Waals surface area (Å²) in [5.41, 5.74) is 0. The Kier molecular flexibility index (Phi) is 10.5. The van der Waals surface area contributed by atoms with E-state index in [0.29, 0.717) is 12.8 Å². The summed E-state index contributed by atoms with van der Waals surface area (Å²) in [7, 11) is 0. The third-order valence-electron chi connectivity index (χ3n) is 4.04. The zero-order chi connectivity index (χ0) is 23.6. The van der Waals surface area contributed by atoms with Gasteiger partial charge in [-0.1, -0.05) is 0 Å². The van der Waals surface area contributed by atoms with Crippen LogP contribution in [0.1, 0.15) is 47.0 Å². The summed E-state index contributed by atoms with van der Waals surface area (Å²) < 4.78 is 26.3. The molecular formula is C20H27NO10. The number of nitrogens with one attached hydrogen (secondary N) is 1. The van der Waals surface area contributed by atoms with E-state index in [1.54, 1.807) is 0 Å². The molecule has 1 aliphatic rings. The molecule has 0 aromatic rings. The minimum absolute atomic E-state index is 0.0510. The Morgan fingerprint density at radius 2 is 1.48 bits per heavy atom. The van der Waals surface area contributed by atoms with Crippen molar-refractivity contribution in [2.24, 2.45) is 0 Å². The summed E-state index contributed by atoms with van der Waals surface area (Å²) in [5, 5.41) is 2.59. The number of hydrogen-bond acceptors (Lipinski definition) is 10. The molecule has 1 aliphatic heterocycles. The van der Waals surface area contributed by atoms with E-state index in [2.05, 4.69) is 11.2 Å². The van der Waals surface area contributed by atoms with Crippen LogP contribution >= 0.6 is 0 Å². The van der Waals surface area contributed by atoms with Gasteiger partial charge in [0.1, 0.15) is 18.8 Å². The van der Waals surface area contributed by atoms with E-state index in [0.717, 1.165) is 27.7 Å². The Balaban J connectivity index is 3.26. The van der Waals surface area contributed by atoms with Gasteiger partial charge >= 0.3 is 23.9 Å². The number of hydrogen-bond donors (Lipinski definition) is 1. The third-order valence-corrected chi connectivity index (χ3v) is 4.04. The van der Waals surface area contributed by atoms with Crippen molar-refractivity contribution in [1.82, 2.24) is 5.32 Å². The molecule has 1 unspecified atom stereocenters. The molecule has 5 atom stereocenters. The van der Waals surface area contributed by atoms with Gasteiger partial charge in [-0.25, -0.2) is 0 Å². The van der Waals surface area contributed by atoms with E-state index in [4.69, 9.17) is 30.1 Å². The van der Waals surface area contributed by atoms with Crippen molar-refractivity contribution in [2.45, 2.75) is 77.6 Å². The number of terminal acetylenes is 1. The first-order chi connectivity index (χ1) is 14.5. The van der Waals surface area contributed by atoms with Gasteiger partial charge in [-0.2, -0.15) is 0 Å². The molecule has 0 aliphatic carbocycles. The summed E-state index contributed by atoms with van der Waals surface area (Å²) in [6, 6.07) is -1.20. The maximum atomic E-state index is 12.4. The molecule has 11 nitrogen and oxygen atoms in total. The SMILES string of the molecule is C#CCCCC(=O)N[C@H]1C(OC(C)=O)O[C@H](COC(C)=O)[C@H](OC(C)=O)[C@@H]1OC(C)=O. The van der Waals surface area contributed by atoms with E-state index in [1.807, 2.05) is 0 Å². The lowest BCUT2D eigenvalue weighted by atomic mass is 9.95. The van der Waals surface area contributed by atoms with Gasteiger partial charge in [0, 0.05) is 40.5 Å². The molecule has 1 heterocycles. The van der Waals surface area contributed by atoms with E-state index < -0.39 is 60.4 Å². The van der Waals surface area contributed by atoms with Gasteiger partial charge < -0.3 is 29.0 Å². The number of ether oxygens (including phenoxy) is 5. The number of amides is 1. The molecule has 1 saturated heterocycles. The minimum Gasteiger partial charge on any atom is -0.463 e. The van der Waals surface area contributed by atoms with Crippen molar-refractivity contribution < 1.29 is 47.7 Å². The van der Waals surface area contributed by atoms with Crippen LogP contribution in [0.3, 0.4) is 0 Å². The summed E-state index contributed by atoms with van der Waals surface area (Å²) in [5.74, 6) is -0.919. The minimum atomic E-state index is -1.41. The molecule has 172 valence electrons. The van der Waals surface area contributed by atoms with E-state index in [1.165, 1.54) is 0 Å². The van der Waals surface area contributed by atoms with Crippen molar-refractivity contribution in [3.05, 3.63) is 0 Å². The van der Waals surface area contributed by atoms with Gasteiger partial charge in [-0.3, -0.25) is 24.0 Å². The van der Waals surface area contributed by atoms with E-state index in [-0.39, 0.29) is 13.0 Å². The lowest BCUT2D eigenvalue weighted by Gasteiger charge is -2.44. The molecule has 11 heteroatoms. The molecule has 0 radical (unpaired) electrons. The summed E-state index contributed by atoms with van der Waals surface area (Å²) >= 11 is 0. The van der Waals surface area contributed by atoms with Crippen LogP contribution in [0, 0.1) is 12.3 Å². The topological polar surface area (TPSA) is 144 Å². The maximum absolute atomic E-state index is 12.4. The van der Waals surface area contributed by atoms with Crippen molar-refractivity contribution in [1.29, 1.82) is 0 Å².